The maximum atomic E-state index is 12.2. The molecule has 0 saturated heterocycles. The Kier molecular flexibility index (Phi) is 4.15. The van der Waals surface area contributed by atoms with E-state index in [0.29, 0.717) is 4.90 Å². The molecule has 94 valence electrons. The largest absolute Gasteiger partial charge is 0.471 e. The number of halogens is 3. The van der Waals surface area contributed by atoms with Crippen molar-refractivity contribution in [3.8, 4) is 0 Å². The highest BCUT2D eigenvalue weighted by molar-refractivity contribution is 5.96. The van der Waals surface area contributed by atoms with Crippen LogP contribution in [-0.2, 0) is 11.2 Å². The van der Waals surface area contributed by atoms with E-state index < -0.39 is 12.1 Å². The highest BCUT2D eigenvalue weighted by atomic mass is 19.4. The van der Waals surface area contributed by atoms with Gasteiger partial charge in [-0.25, -0.2) is 0 Å². The van der Waals surface area contributed by atoms with E-state index in [1.54, 1.807) is 12.1 Å². The minimum Gasteiger partial charge on any atom is -0.308 e. The van der Waals surface area contributed by atoms with Crippen molar-refractivity contribution in [3.63, 3.8) is 0 Å². The molecule has 0 saturated carbocycles. The van der Waals surface area contributed by atoms with E-state index in [2.05, 4.69) is 0 Å². The molecule has 0 radical (unpaired) electrons. The van der Waals surface area contributed by atoms with Crippen LogP contribution in [0.1, 0.15) is 18.9 Å². The zero-order valence-corrected chi connectivity index (χ0v) is 9.71. The minimum atomic E-state index is -4.84. The van der Waals surface area contributed by atoms with Gasteiger partial charge in [0, 0.05) is 12.7 Å². The standard InChI is InChI=1S/C12H14F3NO/c1-3-4-9-5-7-10(8-6-9)16(2)11(17)12(13,14)15/h5-8H,3-4H2,1-2H3. The first-order valence-corrected chi connectivity index (χ1v) is 5.30. The molecule has 1 aromatic carbocycles. The molecule has 0 unspecified atom stereocenters. The minimum absolute atomic E-state index is 0.243. The van der Waals surface area contributed by atoms with Crippen LogP contribution in [0.25, 0.3) is 0 Å². The summed E-state index contributed by atoms with van der Waals surface area (Å²) in [6.45, 7) is 2.02. The van der Waals surface area contributed by atoms with Crippen molar-refractivity contribution in [3.05, 3.63) is 29.8 Å². The maximum absolute atomic E-state index is 12.2. The fraction of sp³-hybridized carbons (Fsp3) is 0.417. The molecule has 5 heteroatoms. The first-order valence-electron chi connectivity index (χ1n) is 5.30. The van der Waals surface area contributed by atoms with Crippen molar-refractivity contribution < 1.29 is 18.0 Å². The molecule has 0 aromatic heterocycles. The molecule has 0 aliphatic rings. The topological polar surface area (TPSA) is 20.3 Å². The molecular weight excluding hydrogens is 231 g/mol. The summed E-state index contributed by atoms with van der Waals surface area (Å²) < 4.78 is 36.6. The monoisotopic (exact) mass is 245 g/mol. The fourth-order valence-electron chi connectivity index (χ4n) is 1.48. The Morgan fingerprint density at radius 3 is 2.18 bits per heavy atom. The Morgan fingerprint density at radius 1 is 1.24 bits per heavy atom. The molecule has 1 rings (SSSR count). The molecule has 0 bridgehead atoms. The number of carbonyl (C=O) groups excluding carboxylic acids is 1. The number of hydrogen-bond donors (Lipinski definition) is 0. The van der Waals surface area contributed by atoms with Crippen LogP contribution in [0.15, 0.2) is 24.3 Å². The summed E-state index contributed by atoms with van der Waals surface area (Å²) in [6, 6.07) is 6.52. The highest BCUT2D eigenvalue weighted by Gasteiger charge is 2.41. The average Bonchev–Trinajstić information content (AvgIpc) is 2.27. The lowest BCUT2D eigenvalue weighted by Gasteiger charge is -2.18. The number of aryl methyl sites for hydroxylation is 1. The van der Waals surface area contributed by atoms with Crippen LogP contribution in [0.3, 0.4) is 0 Å². The van der Waals surface area contributed by atoms with E-state index in [4.69, 9.17) is 0 Å². The third-order valence-corrected chi connectivity index (χ3v) is 2.41. The van der Waals surface area contributed by atoms with Gasteiger partial charge in [0.1, 0.15) is 0 Å². The molecular formula is C12H14F3NO. The number of carbonyl (C=O) groups is 1. The second kappa shape index (κ2) is 5.21. The Hall–Kier alpha value is -1.52. The van der Waals surface area contributed by atoms with Gasteiger partial charge < -0.3 is 4.90 Å². The van der Waals surface area contributed by atoms with Gasteiger partial charge in [-0.05, 0) is 24.1 Å². The number of nitrogens with zero attached hydrogens (tertiary/aromatic N) is 1. The van der Waals surface area contributed by atoms with Crippen LogP contribution >= 0.6 is 0 Å². The van der Waals surface area contributed by atoms with Crippen LogP contribution < -0.4 is 4.90 Å². The number of hydrogen-bond acceptors (Lipinski definition) is 1. The van der Waals surface area contributed by atoms with Gasteiger partial charge in [0.15, 0.2) is 0 Å². The summed E-state index contributed by atoms with van der Waals surface area (Å²) in [4.78, 5) is 11.6. The number of benzene rings is 1. The Balaban J connectivity index is 2.83. The summed E-state index contributed by atoms with van der Waals surface area (Å²) in [7, 11) is 1.12. The summed E-state index contributed by atoms with van der Waals surface area (Å²) in [6.07, 6.45) is -3.00. The number of rotatable bonds is 3. The molecule has 0 aliphatic carbocycles. The zero-order valence-electron chi connectivity index (χ0n) is 9.71. The summed E-state index contributed by atoms with van der Waals surface area (Å²) in [5.41, 5.74) is 1.29. The molecule has 2 nitrogen and oxygen atoms in total. The molecule has 17 heavy (non-hydrogen) atoms. The van der Waals surface area contributed by atoms with E-state index in [-0.39, 0.29) is 5.69 Å². The van der Waals surface area contributed by atoms with Crippen molar-refractivity contribution in [1.29, 1.82) is 0 Å². The van der Waals surface area contributed by atoms with Gasteiger partial charge in [0.05, 0.1) is 0 Å². The molecule has 1 aromatic rings. The van der Waals surface area contributed by atoms with E-state index in [1.165, 1.54) is 12.1 Å². The molecule has 0 spiro atoms. The SMILES string of the molecule is CCCc1ccc(N(C)C(=O)C(F)(F)F)cc1. The first kappa shape index (κ1) is 13.5. The number of amides is 1. The van der Waals surface area contributed by atoms with Crippen molar-refractivity contribution >= 4 is 11.6 Å². The van der Waals surface area contributed by atoms with Crippen molar-refractivity contribution in [2.24, 2.45) is 0 Å². The van der Waals surface area contributed by atoms with Crippen LogP contribution in [0.5, 0.6) is 0 Å². The third-order valence-electron chi connectivity index (χ3n) is 2.41. The van der Waals surface area contributed by atoms with Gasteiger partial charge in [0.25, 0.3) is 0 Å². The second-order valence-electron chi connectivity index (χ2n) is 3.78. The van der Waals surface area contributed by atoms with Gasteiger partial charge in [-0.3, -0.25) is 4.79 Å². The molecule has 0 aliphatic heterocycles. The molecule has 0 fully saturated rings. The van der Waals surface area contributed by atoms with Gasteiger partial charge in [0.2, 0.25) is 0 Å². The smallest absolute Gasteiger partial charge is 0.308 e. The quantitative estimate of drug-likeness (QED) is 0.801. The second-order valence-corrected chi connectivity index (χ2v) is 3.78. The van der Waals surface area contributed by atoms with E-state index in [9.17, 15) is 18.0 Å². The van der Waals surface area contributed by atoms with Crippen molar-refractivity contribution in [2.45, 2.75) is 25.9 Å². The van der Waals surface area contributed by atoms with Gasteiger partial charge in [-0.15, -0.1) is 0 Å². The fourth-order valence-corrected chi connectivity index (χ4v) is 1.48. The Labute approximate surface area is 98.0 Å². The van der Waals surface area contributed by atoms with E-state index >= 15 is 0 Å². The molecule has 1 amide bonds. The van der Waals surface area contributed by atoms with Crippen LogP contribution in [0.2, 0.25) is 0 Å². The van der Waals surface area contributed by atoms with Gasteiger partial charge >= 0.3 is 12.1 Å². The zero-order chi connectivity index (χ0) is 13.1. The van der Waals surface area contributed by atoms with Crippen LogP contribution in [0, 0.1) is 0 Å². The van der Waals surface area contributed by atoms with Crippen LogP contribution in [-0.4, -0.2) is 19.1 Å². The van der Waals surface area contributed by atoms with Gasteiger partial charge in [-0.2, -0.15) is 13.2 Å². The lowest BCUT2D eigenvalue weighted by Crippen LogP contribution is -2.38. The summed E-state index contributed by atoms with van der Waals surface area (Å²) in [5, 5.41) is 0. The summed E-state index contributed by atoms with van der Waals surface area (Å²) >= 11 is 0. The predicted molar refractivity (Wildman–Crippen MR) is 59.9 cm³/mol. The lowest BCUT2D eigenvalue weighted by atomic mass is 10.1. The molecule has 0 atom stereocenters. The molecule has 0 heterocycles. The highest BCUT2D eigenvalue weighted by Crippen LogP contribution is 2.22. The first-order chi connectivity index (χ1) is 7.86. The normalized spacial score (nSPS) is 11.4. The maximum Gasteiger partial charge on any atom is 0.471 e. The van der Waals surface area contributed by atoms with E-state index in [0.717, 1.165) is 25.5 Å². The predicted octanol–water partition coefficient (Wildman–Crippen LogP) is 3.16. The summed E-state index contributed by atoms with van der Waals surface area (Å²) in [5.74, 6) is -1.86. The van der Waals surface area contributed by atoms with Crippen molar-refractivity contribution in [1.82, 2.24) is 0 Å². The Morgan fingerprint density at radius 2 is 1.76 bits per heavy atom. The van der Waals surface area contributed by atoms with Gasteiger partial charge in [-0.1, -0.05) is 25.5 Å². The van der Waals surface area contributed by atoms with Crippen LogP contribution in [0.4, 0.5) is 18.9 Å². The number of alkyl halides is 3. The van der Waals surface area contributed by atoms with Crippen molar-refractivity contribution in [2.75, 3.05) is 11.9 Å². The Bertz CT molecular complexity index is 384. The average molecular weight is 245 g/mol. The molecule has 0 N–H and O–H groups in total. The van der Waals surface area contributed by atoms with E-state index in [1.807, 2.05) is 6.92 Å². The third kappa shape index (κ3) is 3.47. The lowest BCUT2D eigenvalue weighted by molar-refractivity contribution is -0.170. The number of anilines is 1.